The van der Waals surface area contributed by atoms with Gasteiger partial charge in [0.2, 0.25) is 0 Å². The molecule has 0 fully saturated rings. The summed E-state index contributed by atoms with van der Waals surface area (Å²) in [6.45, 7) is 6.76. The monoisotopic (exact) mass is 345 g/mol. The van der Waals surface area contributed by atoms with Gasteiger partial charge >= 0.3 is 0 Å². The Labute approximate surface area is 153 Å². The van der Waals surface area contributed by atoms with E-state index in [1.54, 1.807) is 0 Å². The first-order chi connectivity index (χ1) is 10.8. The van der Waals surface area contributed by atoms with Crippen LogP contribution >= 0.6 is 0 Å². The number of hydrogen-bond acceptors (Lipinski definition) is 0. The van der Waals surface area contributed by atoms with Gasteiger partial charge in [0.1, 0.15) is 13.3 Å². The summed E-state index contributed by atoms with van der Waals surface area (Å²) in [5.74, 6) is 0. The van der Waals surface area contributed by atoms with Crippen molar-refractivity contribution in [2.45, 2.75) is 123 Å². The molecule has 0 aliphatic carbocycles. The average molecular weight is 346 g/mol. The molecular weight excluding hydrogens is 302 g/mol. The van der Waals surface area contributed by atoms with E-state index in [9.17, 15) is 0 Å². The van der Waals surface area contributed by atoms with Crippen LogP contribution in [0.25, 0.3) is 0 Å². The van der Waals surface area contributed by atoms with Crippen molar-refractivity contribution in [3.8, 4) is 0 Å². The molecule has 1 unspecified atom stereocenters. The summed E-state index contributed by atoms with van der Waals surface area (Å²) in [4.78, 5) is 0. The highest BCUT2D eigenvalue weighted by Gasteiger charge is 2.14. The summed E-state index contributed by atoms with van der Waals surface area (Å²) in [6, 6.07) is 0.776. The van der Waals surface area contributed by atoms with Crippen LogP contribution in [-0.4, -0.2) is 23.9 Å². The van der Waals surface area contributed by atoms with E-state index in [-0.39, 0.29) is 12.4 Å². The Morgan fingerprint density at radius 1 is 0.652 bits per heavy atom. The Morgan fingerprint density at radius 2 is 1.09 bits per heavy atom. The fraction of sp³-hybridized carbons (Fsp3) is 0.952. The molecule has 1 atom stereocenters. The van der Waals surface area contributed by atoms with E-state index in [4.69, 9.17) is 0 Å². The van der Waals surface area contributed by atoms with Crippen molar-refractivity contribution < 1.29 is 17.0 Å². The zero-order valence-electron chi connectivity index (χ0n) is 16.6. The Balaban J connectivity index is 0. The predicted octanol–water partition coefficient (Wildman–Crippen LogP) is 3.98. The lowest BCUT2D eigenvalue weighted by Crippen LogP contribution is -3.00. The zero-order chi connectivity index (χ0) is 16.5. The molecule has 0 N–H and O–H groups in total. The Hall–Kier alpha value is -0.0400. The zero-order valence-corrected chi connectivity index (χ0v) is 17.3. The fourth-order valence-corrected chi connectivity index (χ4v) is 3.32. The highest BCUT2D eigenvalue weighted by molar-refractivity contribution is 5.46. The van der Waals surface area contributed by atoms with Gasteiger partial charge in [-0.25, -0.2) is 4.58 Å². The topological polar surface area (TPSA) is 3.01 Å². The highest BCUT2D eigenvalue weighted by atomic mass is 35.5. The Kier molecular flexibility index (Phi) is 21.9. The van der Waals surface area contributed by atoms with Crippen LogP contribution in [0, 0.1) is 0 Å². The molecule has 0 aromatic heterocycles. The molecule has 2 heteroatoms. The number of hydrogen-bond donors (Lipinski definition) is 0. The molecule has 0 aromatic carbocycles. The van der Waals surface area contributed by atoms with E-state index in [0.717, 1.165) is 6.04 Å². The summed E-state index contributed by atoms with van der Waals surface area (Å²) < 4.78 is 2.42. The Morgan fingerprint density at radius 3 is 1.48 bits per heavy atom. The van der Waals surface area contributed by atoms with Crippen LogP contribution in [-0.2, 0) is 0 Å². The largest absolute Gasteiger partial charge is 1.00 e. The molecule has 23 heavy (non-hydrogen) atoms. The molecule has 0 aromatic rings. The maximum atomic E-state index is 2.42. The summed E-state index contributed by atoms with van der Waals surface area (Å²) in [5.41, 5.74) is 0. The van der Waals surface area contributed by atoms with Crippen molar-refractivity contribution in [1.82, 2.24) is 0 Å². The van der Waals surface area contributed by atoms with Crippen molar-refractivity contribution in [2.24, 2.45) is 0 Å². The molecule has 0 bridgehead atoms. The van der Waals surface area contributed by atoms with Crippen LogP contribution in [0.3, 0.4) is 0 Å². The molecular formula is C21H44ClN. The van der Waals surface area contributed by atoms with Gasteiger partial charge in [0.15, 0.2) is 6.04 Å². The fourth-order valence-electron chi connectivity index (χ4n) is 3.32. The number of rotatable bonds is 16. The maximum absolute atomic E-state index is 2.42. The minimum absolute atomic E-state index is 0. The van der Waals surface area contributed by atoms with Crippen molar-refractivity contribution in [2.75, 3.05) is 7.05 Å². The molecule has 0 saturated carbocycles. The quantitative estimate of drug-likeness (QED) is 0.226. The minimum Gasteiger partial charge on any atom is -1.00 e. The first-order valence-corrected chi connectivity index (χ1v) is 10.3. The lowest BCUT2D eigenvalue weighted by atomic mass is 10.0. The lowest BCUT2D eigenvalue weighted by Gasteiger charge is -2.12. The van der Waals surface area contributed by atoms with Gasteiger partial charge in [-0.3, -0.25) is 0 Å². The number of unbranched alkanes of at least 4 members (excludes halogenated alkanes) is 11. The SMILES string of the molecule is CC=[N+](C)C(CCC)CCCCCCCCCCCCCC.[Cl-]. The number of nitrogens with zero attached hydrogens (tertiary/aromatic N) is 1. The third-order valence-electron chi connectivity index (χ3n) is 5.00. The third-order valence-corrected chi connectivity index (χ3v) is 5.00. The van der Waals surface area contributed by atoms with E-state index >= 15 is 0 Å². The second-order valence-corrected chi connectivity index (χ2v) is 7.04. The van der Waals surface area contributed by atoms with Gasteiger partial charge in [0.05, 0.1) is 0 Å². The van der Waals surface area contributed by atoms with Crippen molar-refractivity contribution in [3.05, 3.63) is 0 Å². The maximum Gasteiger partial charge on any atom is 0.152 e. The Bertz CT molecular complexity index is 250. The van der Waals surface area contributed by atoms with Crippen LogP contribution in [0.4, 0.5) is 0 Å². The standard InChI is InChI=1S/C21H44N.ClH/c1-5-8-9-10-11-12-13-14-15-16-17-18-20-21(19-6-2)22(4)7-3;/h7,21H,5-6,8-20H2,1-4H3;1H/q+1;/p-1. The van der Waals surface area contributed by atoms with Crippen LogP contribution in [0.5, 0.6) is 0 Å². The summed E-state index contributed by atoms with van der Waals surface area (Å²) in [5, 5.41) is 0. The minimum atomic E-state index is 0. The highest BCUT2D eigenvalue weighted by Crippen LogP contribution is 2.15. The van der Waals surface area contributed by atoms with Gasteiger partial charge in [-0.05, 0) is 12.8 Å². The van der Waals surface area contributed by atoms with E-state index in [1.807, 2.05) is 0 Å². The number of halogens is 1. The molecule has 0 amide bonds. The smallest absolute Gasteiger partial charge is 0.152 e. The molecule has 0 rings (SSSR count). The van der Waals surface area contributed by atoms with Crippen LogP contribution in [0.2, 0.25) is 0 Å². The van der Waals surface area contributed by atoms with Crippen LogP contribution in [0.1, 0.15) is 117 Å². The molecule has 0 aliphatic heterocycles. The first kappa shape index (κ1) is 25.2. The molecule has 0 spiro atoms. The van der Waals surface area contributed by atoms with Crippen LogP contribution < -0.4 is 12.4 Å². The van der Waals surface area contributed by atoms with Crippen molar-refractivity contribution in [1.29, 1.82) is 0 Å². The third kappa shape index (κ3) is 16.6. The normalized spacial score (nSPS) is 13.0. The van der Waals surface area contributed by atoms with Gasteiger partial charge in [-0.1, -0.05) is 84.5 Å². The van der Waals surface area contributed by atoms with Gasteiger partial charge < -0.3 is 12.4 Å². The van der Waals surface area contributed by atoms with E-state index in [1.165, 1.54) is 96.3 Å². The van der Waals surface area contributed by atoms with Crippen LogP contribution in [0.15, 0.2) is 0 Å². The first-order valence-electron chi connectivity index (χ1n) is 10.3. The van der Waals surface area contributed by atoms with E-state index in [2.05, 4.69) is 38.6 Å². The second kappa shape index (κ2) is 20.0. The average Bonchev–Trinajstić information content (AvgIpc) is 2.54. The molecule has 0 heterocycles. The lowest BCUT2D eigenvalue weighted by molar-refractivity contribution is -0.536. The molecule has 0 aliphatic rings. The van der Waals surface area contributed by atoms with Gasteiger partial charge in [0.25, 0.3) is 0 Å². The van der Waals surface area contributed by atoms with Gasteiger partial charge in [-0.2, -0.15) is 0 Å². The predicted molar refractivity (Wildman–Crippen MR) is 102 cm³/mol. The van der Waals surface area contributed by atoms with E-state index < -0.39 is 0 Å². The van der Waals surface area contributed by atoms with Gasteiger partial charge in [0, 0.05) is 19.8 Å². The molecule has 0 saturated heterocycles. The summed E-state index contributed by atoms with van der Waals surface area (Å²) >= 11 is 0. The summed E-state index contributed by atoms with van der Waals surface area (Å²) in [7, 11) is 2.24. The van der Waals surface area contributed by atoms with Crippen molar-refractivity contribution >= 4 is 6.21 Å². The van der Waals surface area contributed by atoms with Gasteiger partial charge in [-0.15, -0.1) is 0 Å². The molecule has 1 nitrogen and oxygen atoms in total. The summed E-state index contributed by atoms with van der Waals surface area (Å²) in [6.07, 6.45) is 23.6. The second-order valence-electron chi connectivity index (χ2n) is 7.04. The van der Waals surface area contributed by atoms with Crippen molar-refractivity contribution in [3.63, 3.8) is 0 Å². The molecule has 0 radical (unpaired) electrons. The van der Waals surface area contributed by atoms with E-state index in [0.29, 0.717) is 0 Å². The molecule has 140 valence electrons.